The summed E-state index contributed by atoms with van der Waals surface area (Å²) in [4.78, 5) is 60.3. The second kappa shape index (κ2) is 15.7. The van der Waals surface area contributed by atoms with Gasteiger partial charge in [-0.15, -0.1) is 0 Å². The quantitative estimate of drug-likeness (QED) is 0.157. The highest BCUT2D eigenvalue weighted by Gasteiger charge is 2.42. The van der Waals surface area contributed by atoms with Crippen LogP contribution in [0.15, 0.2) is 61.4 Å². The number of carbonyl (C=O) groups excluding carboxylic acids is 3. The predicted octanol–water partition coefficient (Wildman–Crippen LogP) is 7.20. The van der Waals surface area contributed by atoms with E-state index in [1.54, 1.807) is 64.4 Å². The molecule has 1 N–H and O–H groups in total. The molecule has 3 amide bonds. The number of carbonyl (C=O) groups is 3. The van der Waals surface area contributed by atoms with E-state index in [0.717, 1.165) is 6.20 Å². The topological polar surface area (TPSA) is 172 Å². The predicted molar refractivity (Wildman–Crippen MR) is 201 cm³/mol. The fraction of sp³-hybridized carbons (Fsp3) is 0.421. The number of halogens is 3. The first-order chi connectivity index (χ1) is 26.9. The monoisotopic (exact) mass is 792 g/mol. The van der Waals surface area contributed by atoms with Gasteiger partial charge in [-0.1, -0.05) is 0 Å². The molecule has 19 heteroatoms. The van der Waals surface area contributed by atoms with Crippen LogP contribution < -0.4 is 15.1 Å². The number of hydrogen-bond acceptors (Lipinski definition) is 12. The van der Waals surface area contributed by atoms with Gasteiger partial charge in [-0.3, -0.25) is 4.98 Å². The number of alkyl halides is 2. The number of methoxy groups -OCH3 is 1. The van der Waals surface area contributed by atoms with Crippen molar-refractivity contribution < 1.29 is 41.8 Å². The van der Waals surface area contributed by atoms with E-state index in [9.17, 15) is 27.6 Å². The first kappa shape index (κ1) is 40.4. The molecule has 1 atom stereocenters. The summed E-state index contributed by atoms with van der Waals surface area (Å²) in [6.07, 6.45) is 3.52. The van der Waals surface area contributed by atoms with E-state index in [1.807, 2.05) is 11.0 Å². The maximum absolute atomic E-state index is 13.9. The summed E-state index contributed by atoms with van der Waals surface area (Å²) in [6.45, 7) is 7.74. The minimum Gasteiger partial charge on any atom is -0.453 e. The molecule has 57 heavy (non-hydrogen) atoms. The van der Waals surface area contributed by atoms with Crippen molar-refractivity contribution in [1.82, 2.24) is 39.6 Å². The Kier molecular flexibility index (Phi) is 11.1. The summed E-state index contributed by atoms with van der Waals surface area (Å²) >= 11 is 0. The molecule has 4 aromatic heterocycles. The molecule has 5 heterocycles. The lowest BCUT2D eigenvalue weighted by atomic mass is 9.85. The Morgan fingerprint density at radius 1 is 0.965 bits per heavy atom. The third-order valence-corrected chi connectivity index (χ3v) is 8.85. The van der Waals surface area contributed by atoms with E-state index in [-0.39, 0.29) is 35.8 Å². The summed E-state index contributed by atoms with van der Waals surface area (Å²) in [5.41, 5.74) is -0.160. The van der Waals surface area contributed by atoms with E-state index in [1.165, 1.54) is 38.0 Å². The molecule has 0 bridgehead atoms. The molecular formula is C38H43F3N10O6. The molecule has 0 radical (unpaired) electrons. The van der Waals surface area contributed by atoms with Gasteiger partial charge in [-0.05, 0) is 96.3 Å². The maximum atomic E-state index is 13.9. The Hall–Kier alpha value is -6.27. The smallest absolute Gasteiger partial charge is 0.425 e. The highest BCUT2D eigenvalue weighted by atomic mass is 19.3. The lowest BCUT2D eigenvalue weighted by Gasteiger charge is -2.43. The molecule has 6 rings (SSSR count). The number of imidazole rings is 1. The summed E-state index contributed by atoms with van der Waals surface area (Å²) in [5.74, 6) is -0.582. The number of nitrogens with zero attached hydrogens (tertiary/aromatic N) is 9. The molecule has 1 fully saturated rings. The van der Waals surface area contributed by atoms with Crippen molar-refractivity contribution in [1.29, 1.82) is 0 Å². The van der Waals surface area contributed by atoms with Crippen LogP contribution in [-0.2, 0) is 26.3 Å². The van der Waals surface area contributed by atoms with Gasteiger partial charge in [0.2, 0.25) is 0 Å². The normalized spacial score (nSPS) is 16.1. The average Bonchev–Trinajstić information content (AvgIpc) is 3.80. The van der Waals surface area contributed by atoms with Gasteiger partial charge in [0.25, 0.3) is 0 Å². The number of aromatic nitrogens is 7. The minimum atomic E-state index is -2.89. The van der Waals surface area contributed by atoms with Crippen molar-refractivity contribution in [3.8, 4) is 11.3 Å². The van der Waals surface area contributed by atoms with E-state index in [2.05, 4.69) is 25.4 Å². The highest BCUT2D eigenvalue weighted by molar-refractivity contribution is 6.12. The molecule has 5 aromatic rings. The molecule has 16 nitrogen and oxygen atoms in total. The van der Waals surface area contributed by atoms with Crippen molar-refractivity contribution in [2.75, 3.05) is 30.0 Å². The second-order valence-corrected chi connectivity index (χ2v) is 15.4. The lowest BCUT2D eigenvalue weighted by molar-refractivity contribution is 0.0428. The zero-order valence-corrected chi connectivity index (χ0v) is 32.5. The number of ether oxygens (including phenoxy) is 3. The van der Waals surface area contributed by atoms with Crippen molar-refractivity contribution in [3.05, 3.63) is 78.5 Å². The third-order valence-electron chi connectivity index (χ3n) is 8.85. The van der Waals surface area contributed by atoms with E-state index in [4.69, 9.17) is 19.2 Å². The Morgan fingerprint density at radius 3 is 2.26 bits per heavy atom. The minimum absolute atomic E-state index is 0.0949. The molecule has 1 aliphatic heterocycles. The van der Waals surface area contributed by atoms with Crippen molar-refractivity contribution in [2.45, 2.75) is 84.2 Å². The number of rotatable bonds is 8. The van der Waals surface area contributed by atoms with Gasteiger partial charge in [0.1, 0.15) is 28.9 Å². The number of nitrogens with one attached hydrogen (secondary N) is 1. The van der Waals surface area contributed by atoms with Crippen LogP contribution in [0.4, 0.5) is 39.1 Å². The van der Waals surface area contributed by atoms with E-state index in [0.29, 0.717) is 51.5 Å². The number of amides is 3. The first-order valence-electron chi connectivity index (χ1n) is 18.0. The van der Waals surface area contributed by atoms with Gasteiger partial charge >= 0.3 is 24.8 Å². The van der Waals surface area contributed by atoms with Gasteiger partial charge in [0.15, 0.2) is 17.0 Å². The number of fused-ring (bicyclic) bond motifs is 1. The van der Waals surface area contributed by atoms with Gasteiger partial charge in [0.05, 0.1) is 43.3 Å². The fourth-order valence-electron chi connectivity index (χ4n) is 6.46. The maximum Gasteiger partial charge on any atom is 0.425 e. The van der Waals surface area contributed by atoms with Gasteiger partial charge < -0.3 is 29.0 Å². The van der Waals surface area contributed by atoms with Crippen LogP contribution in [0.1, 0.15) is 72.2 Å². The second-order valence-electron chi connectivity index (χ2n) is 15.4. The molecule has 302 valence electrons. The molecule has 0 aliphatic carbocycles. The zero-order valence-electron chi connectivity index (χ0n) is 32.5. The molecule has 1 aliphatic rings. The molecule has 0 spiro atoms. The number of imide groups is 1. The number of hydrogen-bond donors (Lipinski definition) is 1. The summed E-state index contributed by atoms with van der Waals surface area (Å²) in [6, 6.07) is 9.10. The Labute approximate surface area is 326 Å². The van der Waals surface area contributed by atoms with Crippen LogP contribution in [0.2, 0.25) is 0 Å². The molecule has 1 aromatic carbocycles. The fourth-order valence-corrected chi connectivity index (χ4v) is 6.46. The van der Waals surface area contributed by atoms with Gasteiger partial charge in [-0.25, -0.2) is 38.4 Å². The number of anilines is 2. The number of piperidine rings is 1. The van der Waals surface area contributed by atoms with Crippen LogP contribution in [0.3, 0.4) is 0 Å². The van der Waals surface area contributed by atoms with Crippen LogP contribution in [0.25, 0.3) is 22.4 Å². The Balaban J connectivity index is 1.44. The van der Waals surface area contributed by atoms with E-state index >= 15 is 0 Å². The average molecular weight is 793 g/mol. The summed E-state index contributed by atoms with van der Waals surface area (Å²) < 4.78 is 59.5. The SMILES string of the molecule is COC(=O)NC1(c2ccn(C(F)F)n2)CCCN(c2cnc(-c3ccc(F)cc3)cc2Cn2cnc3c(N(C(=O)OC(C)(C)C)C(=O)OC(C)(C)C)ncnc32)C1. The van der Waals surface area contributed by atoms with Crippen LogP contribution in [-0.4, -0.2) is 84.0 Å². The molecular weight excluding hydrogens is 749 g/mol. The highest BCUT2D eigenvalue weighted by Crippen LogP contribution is 2.37. The molecule has 1 saturated heterocycles. The largest absolute Gasteiger partial charge is 0.453 e. The van der Waals surface area contributed by atoms with Crippen LogP contribution in [0.5, 0.6) is 0 Å². The third kappa shape index (κ3) is 9.08. The lowest BCUT2D eigenvalue weighted by Crippen LogP contribution is -2.57. The standard InChI is InChI=1S/C38H43F3N10O6/c1-36(2,3)56-34(53)51(35(54)57-37(4,5)6)31-29-30(43-21-44-31)49(22-45-29)19-24-17-26(23-9-11-25(39)12-10-23)42-18-27(24)48-15-8-14-38(20-48,46-33(52)55-7)28-13-16-50(47-28)32(40)41/h9-13,16-18,21-22,32H,8,14-15,19-20H2,1-7H3,(H,46,52). The van der Waals surface area contributed by atoms with Crippen molar-refractivity contribution in [3.63, 3.8) is 0 Å². The first-order valence-corrected chi connectivity index (χ1v) is 18.0. The zero-order chi connectivity index (χ0) is 41.3. The molecule has 0 saturated carbocycles. The van der Waals surface area contributed by atoms with Crippen molar-refractivity contribution >= 4 is 40.9 Å². The number of pyridine rings is 1. The van der Waals surface area contributed by atoms with E-state index < -0.39 is 47.4 Å². The van der Waals surface area contributed by atoms with Gasteiger partial charge in [0, 0.05) is 24.8 Å². The Bertz CT molecular complexity index is 2240. The number of alkyl carbamates (subject to hydrolysis) is 1. The number of benzene rings is 1. The Morgan fingerprint density at radius 2 is 1.65 bits per heavy atom. The summed E-state index contributed by atoms with van der Waals surface area (Å²) in [7, 11) is 1.21. The van der Waals surface area contributed by atoms with Crippen LogP contribution in [0, 0.1) is 5.82 Å². The van der Waals surface area contributed by atoms with Crippen LogP contribution >= 0.6 is 0 Å². The van der Waals surface area contributed by atoms with Crippen molar-refractivity contribution in [2.24, 2.45) is 0 Å². The molecule has 1 unspecified atom stereocenters. The summed E-state index contributed by atoms with van der Waals surface area (Å²) in [5, 5.41) is 6.97. The van der Waals surface area contributed by atoms with Gasteiger partial charge in [-0.2, -0.15) is 18.8 Å².